The molecule has 0 bridgehead atoms. The van der Waals surface area contributed by atoms with E-state index < -0.39 is 0 Å². The minimum Gasteiger partial charge on any atom is -0.336 e. The van der Waals surface area contributed by atoms with Gasteiger partial charge in [-0.1, -0.05) is 21.1 Å². The lowest BCUT2D eigenvalue weighted by Gasteiger charge is -2.04. The van der Waals surface area contributed by atoms with Gasteiger partial charge in [0.15, 0.2) is 0 Å². The van der Waals surface area contributed by atoms with E-state index in [1.54, 1.807) is 0 Å². The van der Waals surface area contributed by atoms with Gasteiger partial charge in [0.1, 0.15) is 6.61 Å². The minimum absolute atomic E-state index is 0.113. The van der Waals surface area contributed by atoms with Gasteiger partial charge in [0.2, 0.25) is 5.82 Å². The van der Waals surface area contributed by atoms with E-state index in [0.29, 0.717) is 11.7 Å². The highest BCUT2D eigenvalue weighted by Gasteiger charge is 2.11. The highest BCUT2D eigenvalue weighted by atomic mass is 79.9. The lowest BCUT2D eigenvalue weighted by molar-refractivity contribution is 0.0996. The van der Waals surface area contributed by atoms with E-state index in [1.807, 2.05) is 26.0 Å². The van der Waals surface area contributed by atoms with Crippen molar-refractivity contribution < 1.29 is 9.36 Å². The van der Waals surface area contributed by atoms with E-state index in [0.717, 1.165) is 21.2 Å². The Morgan fingerprint density at radius 2 is 2.00 bits per heavy atom. The van der Waals surface area contributed by atoms with Crippen LogP contribution < -0.4 is 5.90 Å². The Hall–Kier alpha value is -1.24. The number of halogens is 1. The van der Waals surface area contributed by atoms with Gasteiger partial charge in [0, 0.05) is 10.0 Å². The first-order chi connectivity index (χ1) is 8.11. The quantitative estimate of drug-likeness (QED) is 0.881. The first-order valence-electron chi connectivity index (χ1n) is 5.03. The zero-order chi connectivity index (χ0) is 12.4. The number of nitrogens with zero attached hydrogens (tertiary/aromatic N) is 2. The highest BCUT2D eigenvalue weighted by molar-refractivity contribution is 9.10. The van der Waals surface area contributed by atoms with Crippen LogP contribution in [0.1, 0.15) is 17.0 Å². The van der Waals surface area contributed by atoms with Gasteiger partial charge in [-0.3, -0.25) is 4.84 Å². The SMILES string of the molecule is Cc1cc(-c2noc(CON)n2)cc(C)c1Br. The number of aryl methyl sites for hydroxylation is 2. The molecule has 2 rings (SSSR count). The second-order valence-corrected chi connectivity index (χ2v) is 4.54. The molecule has 0 aliphatic carbocycles. The number of rotatable bonds is 3. The maximum Gasteiger partial charge on any atom is 0.255 e. The number of hydrogen-bond acceptors (Lipinski definition) is 5. The molecule has 0 spiro atoms. The summed E-state index contributed by atoms with van der Waals surface area (Å²) in [5.41, 5.74) is 3.16. The molecule has 1 aromatic heterocycles. The van der Waals surface area contributed by atoms with Crippen molar-refractivity contribution in [2.75, 3.05) is 0 Å². The van der Waals surface area contributed by atoms with Crippen LogP contribution in [0, 0.1) is 13.8 Å². The van der Waals surface area contributed by atoms with Crippen LogP contribution in [0.15, 0.2) is 21.1 Å². The van der Waals surface area contributed by atoms with Crippen molar-refractivity contribution in [3.63, 3.8) is 0 Å². The fourth-order valence-electron chi connectivity index (χ4n) is 1.58. The van der Waals surface area contributed by atoms with Gasteiger partial charge in [-0.05, 0) is 37.1 Å². The molecule has 2 aromatic rings. The predicted molar refractivity (Wildman–Crippen MR) is 65.9 cm³/mol. The van der Waals surface area contributed by atoms with Crippen molar-refractivity contribution in [3.05, 3.63) is 33.6 Å². The van der Waals surface area contributed by atoms with Crippen LogP contribution in [0.3, 0.4) is 0 Å². The summed E-state index contributed by atoms with van der Waals surface area (Å²) in [5.74, 6) is 5.84. The Bertz CT molecular complexity index is 516. The zero-order valence-corrected chi connectivity index (χ0v) is 11.1. The van der Waals surface area contributed by atoms with Gasteiger partial charge < -0.3 is 4.52 Å². The number of aromatic nitrogens is 2. The molecule has 0 fully saturated rings. The summed E-state index contributed by atoms with van der Waals surface area (Å²) in [4.78, 5) is 8.62. The van der Waals surface area contributed by atoms with Crippen LogP contribution in [0.25, 0.3) is 11.4 Å². The molecule has 1 heterocycles. The van der Waals surface area contributed by atoms with Gasteiger partial charge in [-0.25, -0.2) is 5.90 Å². The van der Waals surface area contributed by atoms with Crippen molar-refractivity contribution in [2.24, 2.45) is 5.90 Å². The van der Waals surface area contributed by atoms with Crippen molar-refractivity contribution in [1.82, 2.24) is 10.1 Å². The molecule has 0 aliphatic rings. The van der Waals surface area contributed by atoms with Gasteiger partial charge in [-0.2, -0.15) is 4.98 Å². The monoisotopic (exact) mass is 297 g/mol. The fourth-order valence-corrected chi connectivity index (χ4v) is 1.81. The first kappa shape index (κ1) is 12.2. The Labute approximate surface area is 107 Å². The minimum atomic E-state index is 0.113. The van der Waals surface area contributed by atoms with Crippen molar-refractivity contribution in [2.45, 2.75) is 20.5 Å². The fraction of sp³-hybridized carbons (Fsp3) is 0.273. The Balaban J connectivity index is 2.39. The van der Waals surface area contributed by atoms with Gasteiger partial charge >= 0.3 is 0 Å². The summed E-state index contributed by atoms with van der Waals surface area (Å²) in [6.45, 7) is 4.15. The number of hydrogen-bond donors (Lipinski definition) is 1. The van der Waals surface area contributed by atoms with Crippen LogP contribution in [-0.2, 0) is 11.4 Å². The molecule has 5 nitrogen and oxygen atoms in total. The van der Waals surface area contributed by atoms with Crippen molar-refractivity contribution in [3.8, 4) is 11.4 Å². The topological polar surface area (TPSA) is 74.2 Å². The van der Waals surface area contributed by atoms with E-state index in [4.69, 9.17) is 10.4 Å². The molecule has 2 N–H and O–H groups in total. The van der Waals surface area contributed by atoms with Gasteiger partial charge in [0.25, 0.3) is 5.89 Å². The molecule has 6 heteroatoms. The molecular formula is C11H12BrN3O2. The average molecular weight is 298 g/mol. The highest BCUT2D eigenvalue weighted by Crippen LogP contribution is 2.27. The lowest BCUT2D eigenvalue weighted by Crippen LogP contribution is -1.98. The van der Waals surface area contributed by atoms with E-state index in [2.05, 4.69) is 30.9 Å². The van der Waals surface area contributed by atoms with Gasteiger partial charge in [0.05, 0.1) is 0 Å². The van der Waals surface area contributed by atoms with E-state index in [-0.39, 0.29) is 6.61 Å². The maximum absolute atomic E-state index is 4.99. The molecule has 0 saturated heterocycles. The van der Waals surface area contributed by atoms with Crippen LogP contribution in [0.5, 0.6) is 0 Å². The normalized spacial score (nSPS) is 10.8. The predicted octanol–water partition coefficient (Wildman–Crippen LogP) is 2.51. The molecule has 0 radical (unpaired) electrons. The molecule has 0 amide bonds. The molecule has 90 valence electrons. The summed E-state index contributed by atoms with van der Waals surface area (Å²) in [6.07, 6.45) is 0. The lowest BCUT2D eigenvalue weighted by atomic mass is 10.1. The summed E-state index contributed by atoms with van der Waals surface area (Å²) in [7, 11) is 0. The molecule has 0 unspecified atom stereocenters. The molecule has 1 aromatic carbocycles. The Morgan fingerprint density at radius 1 is 1.35 bits per heavy atom. The molecule has 17 heavy (non-hydrogen) atoms. The van der Waals surface area contributed by atoms with Crippen LogP contribution in [-0.4, -0.2) is 10.1 Å². The molecule has 0 saturated carbocycles. The van der Waals surface area contributed by atoms with E-state index in [1.165, 1.54) is 0 Å². The van der Waals surface area contributed by atoms with Crippen molar-refractivity contribution >= 4 is 15.9 Å². The maximum atomic E-state index is 4.99. The Kier molecular flexibility index (Phi) is 3.56. The van der Waals surface area contributed by atoms with Crippen LogP contribution >= 0.6 is 15.9 Å². The third-order valence-electron chi connectivity index (χ3n) is 2.37. The molecule has 0 aliphatic heterocycles. The molecule has 0 atom stereocenters. The van der Waals surface area contributed by atoms with Crippen LogP contribution in [0.2, 0.25) is 0 Å². The largest absolute Gasteiger partial charge is 0.336 e. The summed E-state index contributed by atoms with van der Waals surface area (Å²) in [5, 5.41) is 3.88. The first-order valence-corrected chi connectivity index (χ1v) is 5.82. The standard InChI is InChI=1S/C11H12BrN3O2/c1-6-3-8(4-7(2)10(6)12)11-14-9(5-16-13)17-15-11/h3-4H,5,13H2,1-2H3. The van der Waals surface area contributed by atoms with E-state index in [9.17, 15) is 0 Å². The smallest absolute Gasteiger partial charge is 0.255 e. The second-order valence-electron chi connectivity index (χ2n) is 3.75. The third-order valence-corrected chi connectivity index (χ3v) is 3.62. The van der Waals surface area contributed by atoms with E-state index >= 15 is 0 Å². The second kappa shape index (κ2) is 4.95. The zero-order valence-electron chi connectivity index (χ0n) is 9.53. The molecular weight excluding hydrogens is 286 g/mol. The van der Waals surface area contributed by atoms with Crippen LogP contribution in [0.4, 0.5) is 0 Å². The van der Waals surface area contributed by atoms with Gasteiger partial charge in [-0.15, -0.1) is 0 Å². The number of benzene rings is 1. The third kappa shape index (κ3) is 2.54. The Morgan fingerprint density at radius 3 is 2.59 bits per heavy atom. The summed E-state index contributed by atoms with van der Waals surface area (Å²) in [6, 6.07) is 3.99. The van der Waals surface area contributed by atoms with Crippen molar-refractivity contribution in [1.29, 1.82) is 0 Å². The summed E-state index contributed by atoms with van der Waals surface area (Å²) >= 11 is 3.52. The summed E-state index contributed by atoms with van der Waals surface area (Å²) < 4.78 is 6.08. The average Bonchev–Trinajstić information content (AvgIpc) is 2.74. The number of nitrogens with two attached hydrogens (primary N) is 1.